The van der Waals surface area contributed by atoms with E-state index in [4.69, 9.17) is 0 Å². The molecule has 0 bridgehead atoms. The van der Waals surface area contributed by atoms with Crippen LogP contribution in [0.15, 0.2) is 10.5 Å². The molecule has 1 aromatic heterocycles. The van der Waals surface area contributed by atoms with Crippen molar-refractivity contribution in [2.45, 2.75) is 6.92 Å². The largest absolute Gasteiger partial charge is 0.341 e. The van der Waals surface area contributed by atoms with Crippen LogP contribution in [0.5, 0.6) is 0 Å². The molecule has 0 aliphatic rings. The number of hydrogen-bond acceptors (Lipinski definition) is 6. The predicted octanol–water partition coefficient (Wildman–Crippen LogP) is 0.699. The lowest BCUT2D eigenvalue weighted by atomic mass is 10.0. The summed E-state index contributed by atoms with van der Waals surface area (Å²) in [7, 11) is 4.34. The summed E-state index contributed by atoms with van der Waals surface area (Å²) in [5, 5.41) is 15.3. The molecule has 138 valence electrons. The quantitative estimate of drug-likeness (QED) is 0.695. The van der Waals surface area contributed by atoms with Gasteiger partial charge in [-0.2, -0.15) is 0 Å². The normalized spacial score (nSPS) is 10.4. The van der Waals surface area contributed by atoms with Crippen molar-refractivity contribution in [1.29, 1.82) is 0 Å². The van der Waals surface area contributed by atoms with Crippen molar-refractivity contribution >= 4 is 45.3 Å². The summed E-state index contributed by atoms with van der Waals surface area (Å²) < 4.78 is 15.7. The molecular formula is C14H15BrFN7O3. The lowest BCUT2D eigenvalue weighted by Crippen LogP contribution is -2.34. The monoisotopic (exact) mass is 427 g/mol. The Morgan fingerprint density at radius 3 is 2.46 bits per heavy atom. The lowest BCUT2D eigenvalue weighted by molar-refractivity contribution is -0.141. The minimum absolute atomic E-state index is 0.0186. The number of rotatable bonds is 3. The number of likely N-dealkylation sites (N-methyl/N-ethyl adjacent to an activating group) is 1. The van der Waals surface area contributed by atoms with Crippen LogP contribution in [0, 0.1) is 12.7 Å². The van der Waals surface area contributed by atoms with E-state index in [0.29, 0.717) is 0 Å². The first-order valence-corrected chi connectivity index (χ1v) is 7.97. The van der Waals surface area contributed by atoms with Crippen molar-refractivity contribution in [1.82, 2.24) is 25.1 Å². The highest BCUT2D eigenvalue weighted by Gasteiger charge is 2.24. The standard InChI is InChI=1S/C14H15BrFN7O3/c1-6-9(11(24)18-14-19-20-21-23(14)4)8(16)5-7(15)10(6)17-12(25)13(26)22(2)3/h5H,1-4H3,(H,17,25)(H,18,19,21,24). The van der Waals surface area contributed by atoms with Crippen molar-refractivity contribution in [3.8, 4) is 0 Å². The van der Waals surface area contributed by atoms with Crippen LogP contribution in [0.4, 0.5) is 16.0 Å². The third-order valence-electron chi connectivity index (χ3n) is 3.39. The zero-order chi connectivity index (χ0) is 19.6. The summed E-state index contributed by atoms with van der Waals surface area (Å²) in [5.41, 5.74) is -0.0824. The minimum Gasteiger partial charge on any atom is -0.341 e. The predicted molar refractivity (Wildman–Crippen MR) is 92.9 cm³/mol. The van der Waals surface area contributed by atoms with Gasteiger partial charge in [0.2, 0.25) is 5.95 Å². The number of hydrogen-bond donors (Lipinski definition) is 2. The molecule has 1 aromatic carbocycles. The number of aryl methyl sites for hydroxylation is 1. The van der Waals surface area contributed by atoms with Crippen molar-refractivity contribution in [2.75, 3.05) is 24.7 Å². The molecule has 0 aliphatic carbocycles. The van der Waals surface area contributed by atoms with Crippen LogP contribution in [0.3, 0.4) is 0 Å². The van der Waals surface area contributed by atoms with Crippen LogP contribution in [0.2, 0.25) is 0 Å². The Kier molecular flexibility index (Phi) is 5.65. The average molecular weight is 428 g/mol. The Morgan fingerprint density at radius 2 is 1.92 bits per heavy atom. The number of halogens is 2. The van der Waals surface area contributed by atoms with Gasteiger partial charge in [-0.1, -0.05) is 5.10 Å². The number of tetrazole rings is 1. The summed E-state index contributed by atoms with van der Waals surface area (Å²) in [6.07, 6.45) is 0. The zero-order valence-electron chi connectivity index (χ0n) is 14.3. The van der Waals surface area contributed by atoms with Crippen LogP contribution in [0.1, 0.15) is 15.9 Å². The van der Waals surface area contributed by atoms with E-state index in [-0.39, 0.29) is 27.2 Å². The fraction of sp³-hybridized carbons (Fsp3) is 0.286. The maximum atomic E-state index is 14.4. The molecular weight excluding hydrogens is 413 g/mol. The van der Waals surface area contributed by atoms with Crippen LogP contribution in [-0.4, -0.2) is 56.9 Å². The second kappa shape index (κ2) is 7.56. The molecule has 26 heavy (non-hydrogen) atoms. The molecule has 0 saturated heterocycles. The van der Waals surface area contributed by atoms with Gasteiger partial charge >= 0.3 is 11.8 Å². The number of nitrogens with zero attached hydrogens (tertiary/aromatic N) is 5. The molecule has 0 saturated carbocycles. The van der Waals surface area contributed by atoms with Gasteiger partial charge in [-0.05, 0) is 44.9 Å². The summed E-state index contributed by atoms with van der Waals surface area (Å²) in [4.78, 5) is 37.2. The number of aromatic nitrogens is 4. The molecule has 12 heteroatoms. The third kappa shape index (κ3) is 3.85. The summed E-state index contributed by atoms with van der Waals surface area (Å²) in [6, 6.07) is 1.02. The smallest absolute Gasteiger partial charge is 0.313 e. The zero-order valence-corrected chi connectivity index (χ0v) is 15.9. The van der Waals surface area contributed by atoms with Crippen molar-refractivity contribution in [3.05, 3.63) is 27.5 Å². The van der Waals surface area contributed by atoms with E-state index < -0.39 is 23.5 Å². The van der Waals surface area contributed by atoms with E-state index in [1.165, 1.54) is 32.7 Å². The molecule has 10 nitrogen and oxygen atoms in total. The van der Waals surface area contributed by atoms with Gasteiger partial charge in [-0.15, -0.1) is 0 Å². The molecule has 0 unspecified atom stereocenters. The maximum absolute atomic E-state index is 14.4. The highest BCUT2D eigenvalue weighted by molar-refractivity contribution is 9.10. The van der Waals surface area contributed by atoms with Crippen LogP contribution >= 0.6 is 15.9 Å². The Morgan fingerprint density at radius 1 is 1.27 bits per heavy atom. The second-order valence-electron chi connectivity index (χ2n) is 5.45. The molecule has 0 atom stereocenters. The first kappa shape index (κ1) is 19.4. The van der Waals surface area contributed by atoms with Gasteiger partial charge < -0.3 is 10.2 Å². The first-order chi connectivity index (χ1) is 12.1. The van der Waals surface area contributed by atoms with E-state index in [0.717, 1.165) is 11.0 Å². The van der Waals surface area contributed by atoms with Crippen molar-refractivity contribution in [2.24, 2.45) is 7.05 Å². The van der Waals surface area contributed by atoms with E-state index in [9.17, 15) is 18.8 Å². The topological polar surface area (TPSA) is 122 Å². The van der Waals surface area contributed by atoms with E-state index >= 15 is 0 Å². The van der Waals surface area contributed by atoms with Crippen LogP contribution < -0.4 is 10.6 Å². The van der Waals surface area contributed by atoms with Gasteiger partial charge in [-0.25, -0.2) is 9.07 Å². The molecule has 0 fully saturated rings. The van der Waals surface area contributed by atoms with E-state index in [1.807, 2.05) is 0 Å². The molecule has 3 amide bonds. The highest BCUT2D eigenvalue weighted by Crippen LogP contribution is 2.31. The van der Waals surface area contributed by atoms with Crippen LogP contribution in [0.25, 0.3) is 0 Å². The van der Waals surface area contributed by atoms with Gasteiger partial charge in [-0.3, -0.25) is 19.7 Å². The van der Waals surface area contributed by atoms with Crippen molar-refractivity contribution in [3.63, 3.8) is 0 Å². The average Bonchev–Trinajstić information content (AvgIpc) is 2.95. The SMILES string of the molecule is Cc1c(NC(=O)C(=O)N(C)C)c(Br)cc(F)c1C(=O)Nc1nnnn1C. The maximum Gasteiger partial charge on any atom is 0.313 e. The lowest BCUT2D eigenvalue weighted by Gasteiger charge is -2.16. The molecule has 0 spiro atoms. The van der Waals surface area contributed by atoms with Gasteiger partial charge in [0.15, 0.2) is 0 Å². The number of amides is 3. The van der Waals surface area contributed by atoms with Gasteiger partial charge in [0.05, 0.1) is 11.3 Å². The van der Waals surface area contributed by atoms with Gasteiger partial charge in [0.1, 0.15) is 5.82 Å². The minimum atomic E-state index is -0.922. The number of benzene rings is 1. The number of nitrogens with one attached hydrogen (secondary N) is 2. The van der Waals surface area contributed by atoms with Crippen LogP contribution in [-0.2, 0) is 16.6 Å². The molecule has 2 rings (SSSR count). The van der Waals surface area contributed by atoms with E-state index in [2.05, 4.69) is 42.1 Å². The molecule has 0 aliphatic heterocycles. The Hall–Kier alpha value is -2.89. The van der Waals surface area contributed by atoms with E-state index in [1.54, 1.807) is 0 Å². The Bertz CT molecular complexity index is 897. The highest BCUT2D eigenvalue weighted by atomic mass is 79.9. The van der Waals surface area contributed by atoms with Crippen molar-refractivity contribution < 1.29 is 18.8 Å². The van der Waals surface area contributed by atoms with Gasteiger partial charge in [0, 0.05) is 25.6 Å². The summed E-state index contributed by atoms with van der Waals surface area (Å²) in [5.74, 6) is -3.32. The molecule has 2 N–H and O–H groups in total. The van der Waals surface area contributed by atoms with Gasteiger partial charge in [0.25, 0.3) is 5.91 Å². The fourth-order valence-corrected chi connectivity index (χ4v) is 2.64. The number of carbonyl (C=O) groups is 3. The Labute approximate surface area is 155 Å². The second-order valence-corrected chi connectivity index (χ2v) is 6.30. The molecule has 0 radical (unpaired) electrons. The summed E-state index contributed by atoms with van der Waals surface area (Å²) >= 11 is 3.12. The molecule has 1 heterocycles. The number of anilines is 2. The third-order valence-corrected chi connectivity index (χ3v) is 4.02. The fourth-order valence-electron chi connectivity index (χ4n) is 2.04. The first-order valence-electron chi connectivity index (χ1n) is 7.18. The summed E-state index contributed by atoms with van der Waals surface area (Å²) in [6.45, 7) is 1.44. The molecule has 2 aromatic rings. The number of carbonyl (C=O) groups excluding carboxylic acids is 3. The Balaban J connectivity index is 2.39.